The molecule has 0 bridgehead atoms. The summed E-state index contributed by atoms with van der Waals surface area (Å²) in [5.74, 6) is 0.790. The molecule has 0 saturated heterocycles. The van der Waals surface area contributed by atoms with Gasteiger partial charge >= 0.3 is 0 Å². The molecule has 0 saturated carbocycles. The van der Waals surface area contributed by atoms with Crippen molar-refractivity contribution in [2.24, 2.45) is 5.92 Å². The van der Waals surface area contributed by atoms with Crippen LogP contribution < -0.4 is 0 Å². The van der Waals surface area contributed by atoms with Crippen molar-refractivity contribution < 1.29 is 5.11 Å². The third kappa shape index (κ3) is 2.98. The van der Waals surface area contributed by atoms with Crippen molar-refractivity contribution in [3.63, 3.8) is 0 Å². The zero-order valence-electron chi connectivity index (χ0n) is 11.9. The maximum Gasteiger partial charge on any atom is 0.213 e. The Balaban J connectivity index is 2.47. The van der Waals surface area contributed by atoms with Crippen LogP contribution in [-0.4, -0.2) is 14.9 Å². The Bertz CT molecular complexity index is 529. The van der Waals surface area contributed by atoms with Gasteiger partial charge in [-0.1, -0.05) is 57.5 Å². The predicted octanol–water partition coefficient (Wildman–Crippen LogP) is 3.86. The summed E-state index contributed by atoms with van der Waals surface area (Å²) in [6.45, 7) is 7.12. The van der Waals surface area contributed by atoms with E-state index in [0.717, 1.165) is 36.2 Å². The molecule has 1 N–H and O–H groups in total. The molecular formula is C16H22N2O. The molecule has 0 amide bonds. The molecule has 0 unspecified atom stereocenters. The molecule has 0 atom stereocenters. The van der Waals surface area contributed by atoms with Crippen LogP contribution in [0.2, 0.25) is 0 Å². The van der Waals surface area contributed by atoms with Crippen LogP contribution in [0.25, 0.3) is 11.3 Å². The molecule has 2 aromatic rings. The van der Waals surface area contributed by atoms with Gasteiger partial charge in [0.25, 0.3) is 0 Å². The average Bonchev–Trinajstić information content (AvgIpc) is 2.69. The van der Waals surface area contributed by atoms with Gasteiger partial charge in [0.2, 0.25) is 5.88 Å². The van der Waals surface area contributed by atoms with Crippen molar-refractivity contribution in [3.8, 4) is 17.1 Å². The molecule has 0 radical (unpaired) electrons. The van der Waals surface area contributed by atoms with Crippen LogP contribution in [0.15, 0.2) is 30.3 Å². The molecular weight excluding hydrogens is 236 g/mol. The lowest BCUT2D eigenvalue weighted by molar-refractivity contribution is 0.368. The Morgan fingerprint density at radius 2 is 1.89 bits per heavy atom. The molecule has 0 spiro atoms. The van der Waals surface area contributed by atoms with Gasteiger partial charge in [-0.2, -0.15) is 5.10 Å². The number of rotatable bonds is 5. The first-order valence-corrected chi connectivity index (χ1v) is 6.97. The summed E-state index contributed by atoms with van der Waals surface area (Å²) in [5.41, 5.74) is 2.96. The van der Waals surface area contributed by atoms with E-state index in [4.69, 9.17) is 0 Å². The lowest BCUT2D eigenvalue weighted by Gasteiger charge is -2.05. The molecule has 19 heavy (non-hydrogen) atoms. The molecule has 3 heteroatoms. The molecule has 0 aliphatic rings. The fraction of sp³-hybridized carbons (Fsp3) is 0.438. The topological polar surface area (TPSA) is 38.0 Å². The van der Waals surface area contributed by atoms with E-state index in [2.05, 4.69) is 25.9 Å². The van der Waals surface area contributed by atoms with E-state index in [9.17, 15) is 5.11 Å². The zero-order chi connectivity index (χ0) is 13.8. The molecule has 0 aliphatic heterocycles. The number of benzene rings is 1. The highest BCUT2D eigenvalue weighted by Gasteiger charge is 2.18. The molecule has 1 heterocycles. The van der Waals surface area contributed by atoms with Gasteiger partial charge < -0.3 is 5.11 Å². The van der Waals surface area contributed by atoms with Crippen molar-refractivity contribution in [2.75, 3.05) is 0 Å². The van der Waals surface area contributed by atoms with Gasteiger partial charge in [0.15, 0.2) is 0 Å². The maximum absolute atomic E-state index is 10.4. The van der Waals surface area contributed by atoms with Gasteiger partial charge in [-0.15, -0.1) is 0 Å². The first-order valence-electron chi connectivity index (χ1n) is 6.97. The van der Waals surface area contributed by atoms with Gasteiger partial charge in [0, 0.05) is 17.7 Å². The summed E-state index contributed by atoms with van der Waals surface area (Å²) in [6.07, 6.45) is 1.86. The summed E-state index contributed by atoms with van der Waals surface area (Å²) in [4.78, 5) is 0. The van der Waals surface area contributed by atoms with E-state index in [1.807, 2.05) is 30.3 Å². The van der Waals surface area contributed by atoms with Crippen molar-refractivity contribution >= 4 is 0 Å². The summed E-state index contributed by atoms with van der Waals surface area (Å²) in [5, 5.41) is 15.0. The Morgan fingerprint density at radius 1 is 1.21 bits per heavy atom. The monoisotopic (exact) mass is 258 g/mol. The van der Waals surface area contributed by atoms with E-state index < -0.39 is 0 Å². The minimum absolute atomic E-state index is 0.328. The van der Waals surface area contributed by atoms with Crippen LogP contribution >= 0.6 is 0 Å². The fourth-order valence-corrected chi connectivity index (χ4v) is 2.27. The predicted molar refractivity (Wildman–Crippen MR) is 78.2 cm³/mol. The maximum atomic E-state index is 10.4. The molecule has 0 fully saturated rings. The Hall–Kier alpha value is -1.77. The van der Waals surface area contributed by atoms with Gasteiger partial charge in [-0.3, -0.25) is 0 Å². The molecule has 1 aromatic heterocycles. The lowest BCUT2D eigenvalue weighted by atomic mass is 10.0. The second kappa shape index (κ2) is 5.91. The lowest BCUT2D eigenvalue weighted by Crippen LogP contribution is -2.05. The largest absolute Gasteiger partial charge is 0.493 e. The van der Waals surface area contributed by atoms with Crippen LogP contribution in [0.3, 0.4) is 0 Å². The highest BCUT2D eigenvalue weighted by molar-refractivity contribution is 5.65. The number of aromatic hydroxyl groups is 1. The molecule has 1 aromatic carbocycles. The van der Waals surface area contributed by atoms with Crippen LogP contribution in [0.4, 0.5) is 0 Å². The van der Waals surface area contributed by atoms with E-state index >= 15 is 0 Å². The van der Waals surface area contributed by atoms with Crippen molar-refractivity contribution in [1.82, 2.24) is 9.78 Å². The highest BCUT2D eigenvalue weighted by atomic mass is 16.3. The van der Waals surface area contributed by atoms with Crippen molar-refractivity contribution in [3.05, 3.63) is 35.9 Å². The van der Waals surface area contributed by atoms with Crippen LogP contribution in [0, 0.1) is 5.92 Å². The van der Waals surface area contributed by atoms with Crippen LogP contribution in [-0.2, 0) is 13.0 Å². The number of hydrogen-bond donors (Lipinski definition) is 1. The van der Waals surface area contributed by atoms with Crippen molar-refractivity contribution in [1.29, 1.82) is 0 Å². The molecule has 0 aliphatic carbocycles. The average molecular weight is 258 g/mol. The van der Waals surface area contributed by atoms with Gasteiger partial charge in [0.1, 0.15) is 0 Å². The van der Waals surface area contributed by atoms with Crippen LogP contribution in [0.1, 0.15) is 32.8 Å². The first-order chi connectivity index (χ1) is 9.13. The number of nitrogens with zero attached hydrogens (tertiary/aromatic N) is 2. The standard InChI is InChI=1S/C16H22N2O/c1-4-8-14-15(13-9-6-5-7-10-13)17-18(16(14)19)11-12(2)3/h5-7,9-10,12,19H,4,8,11H2,1-3H3. The highest BCUT2D eigenvalue weighted by Crippen LogP contribution is 2.31. The summed E-state index contributed by atoms with van der Waals surface area (Å²) in [7, 11) is 0. The number of hydrogen-bond acceptors (Lipinski definition) is 2. The van der Waals surface area contributed by atoms with Gasteiger partial charge in [-0.25, -0.2) is 4.68 Å². The fourth-order valence-electron chi connectivity index (χ4n) is 2.27. The Kier molecular flexibility index (Phi) is 4.25. The van der Waals surface area contributed by atoms with E-state index in [0.29, 0.717) is 11.8 Å². The summed E-state index contributed by atoms with van der Waals surface area (Å²) < 4.78 is 1.73. The number of aromatic nitrogens is 2. The zero-order valence-corrected chi connectivity index (χ0v) is 11.9. The summed E-state index contributed by atoms with van der Waals surface area (Å²) in [6, 6.07) is 10.1. The van der Waals surface area contributed by atoms with Gasteiger partial charge in [-0.05, 0) is 12.3 Å². The van der Waals surface area contributed by atoms with E-state index in [-0.39, 0.29) is 0 Å². The quantitative estimate of drug-likeness (QED) is 0.884. The van der Waals surface area contributed by atoms with E-state index in [1.54, 1.807) is 4.68 Å². The summed E-state index contributed by atoms with van der Waals surface area (Å²) >= 11 is 0. The van der Waals surface area contributed by atoms with E-state index in [1.165, 1.54) is 0 Å². The third-order valence-corrected chi connectivity index (χ3v) is 3.11. The molecule has 102 valence electrons. The smallest absolute Gasteiger partial charge is 0.213 e. The second-order valence-corrected chi connectivity index (χ2v) is 5.34. The van der Waals surface area contributed by atoms with Crippen LogP contribution in [0.5, 0.6) is 5.88 Å². The minimum Gasteiger partial charge on any atom is -0.493 e. The third-order valence-electron chi connectivity index (χ3n) is 3.11. The minimum atomic E-state index is 0.328. The Morgan fingerprint density at radius 3 is 2.47 bits per heavy atom. The Labute approximate surface area is 114 Å². The van der Waals surface area contributed by atoms with Gasteiger partial charge in [0.05, 0.1) is 5.69 Å². The first kappa shape index (κ1) is 13.7. The van der Waals surface area contributed by atoms with Crippen molar-refractivity contribution in [2.45, 2.75) is 40.2 Å². The normalized spacial score (nSPS) is 11.2. The molecule has 3 nitrogen and oxygen atoms in total. The SMILES string of the molecule is CCCc1c(-c2ccccc2)nn(CC(C)C)c1O. The second-order valence-electron chi connectivity index (χ2n) is 5.34. The molecule has 2 rings (SSSR count).